The number of hydrogen-bond acceptors (Lipinski definition) is 5. The van der Waals surface area contributed by atoms with E-state index in [-0.39, 0.29) is 35.5 Å². The van der Waals surface area contributed by atoms with Crippen LogP contribution in [0.4, 0.5) is 19.1 Å². The molecule has 4 atom stereocenters. The molecule has 0 aromatic carbocycles. The number of aromatic nitrogens is 2. The summed E-state index contributed by atoms with van der Waals surface area (Å²) in [4.78, 5) is 8.27. The molecule has 0 unspecified atom stereocenters. The second-order valence-corrected chi connectivity index (χ2v) is 7.10. The highest BCUT2D eigenvalue weighted by molar-refractivity contribution is 5.39. The summed E-state index contributed by atoms with van der Waals surface area (Å²) in [7, 11) is 1.62. The fourth-order valence-electron chi connectivity index (χ4n) is 4.48. The lowest BCUT2D eigenvalue weighted by Crippen LogP contribution is -2.59. The van der Waals surface area contributed by atoms with Gasteiger partial charge < -0.3 is 14.8 Å². The second-order valence-electron chi connectivity index (χ2n) is 7.10. The van der Waals surface area contributed by atoms with Crippen LogP contribution in [0.2, 0.25) is 0 Å². The molecule has 0 radical (unpaired) electrons. The van der Waals surface area contributed by atoms with Crippen LogP contribution in [-0.4, -0.2) is 42.4 Å². The molecule has 2 aliphatic carbocycles. The van der Waals surface area contributed by atoms with Gasteiger partial charge in [-0.25, -0.2) is 9.97 Å². The smallest absolute Gasteiger partial charge is 0.384 e. The van der Waals surface area contributed by atoms with Crippen LogP contribution in [0.15, 0.2) is 0 Å². The predicted octanol–water partition coefficient (Wildman–Crippen LogP) is 2.84. The van der Waals surface area contributed by atoms with Gasteiger partial charge in [0, 0.05) is 42.9 Å². The van der Waals surface area contributed by atoms with E-state index in [1.165, 1.54) is 0 Å². The Morgan fingerprint density at radius 2 is 2.04 bits per heavy atom. The number of halogens is 3. The summed E-state index contributed by atoms with van der Waals surface area (Å²) < 4.78 is 51.3. The number of rotatable bonds is 4. The zero-order valence-electron chi connectivity index (χ0n) is 14.1. The molecule has 0 bridgehead atoms. The summed E-state index contributed by atoms with van der Waals surface area (Å²) in [5.74, 6) is 0.491. The van der Waals surface area contributed by atoms with Crippen LogP contribution in [0.5, 0.6) is 0 Å². The highest BCUT2D eigenvalue weighted by Crippen LogP contribution is 2.45. The first-order chi connectivity index (χ1) is 12.0. The van der Waals surface area contributed by atoms with Crippen molar-refractivity contribution in [3.63, 3.8) is 0 Å². The number of fused-ring (bicyclic) bond motifs is 2. The first-order valence-corrected chi connectivity index (χ1v) is 8.83. The number of methoxy groups -OCH3 is 1. The molecule has 2 heterocycles. The summed E-state index contributed by atoms with van der Waals surface area (Å²) in [5.41, 5.74) is 0.0351. The van der Waals surface area contributed by atoms with Gasteiger partial charge in [-0.3, -0.25) is 0 Å². The van der Waals surface area contributed by atoms with Crippen LogP contribution in [0, 0.1) is 11.8 Å². The molecular formula is C17H22F3N3O2. The van der Waals surface area contributed by atoms with E-state index in [2.05, 4.69) is 15.3 Å². The van der Waals surface area contributed by atoms with Gasteiger partial charge in [-0.15, -0.1) is 0 Å². The molecule has 138 valence electrons. The maximum atomic E-state index is 13.4. The molecular weight excluding hydrogens is 335 g/mol. The van der Waals surface area contributed by atoms with E-state index in [1.807, 2.05) is 0 Å². The molecule has 25 heavy (non-hydrogen) atoms. The maximum absolute atomic E-state index is 13.4. The second kappa shape index (κ2) is 6.39. The summed E-state index contributed by atoms with van der Waals surface area (Å²) >= 11 is 0. The molecule has 1 aliphatic heterocycles. The zero-order chi connectivity index (χ0) is 17.6. The number of anilines is 1. The largest absolute Gasteiger partial charge is 0.433 e. The van der Waals surface area contributed by atoms with Crippen molar-refractivity contribution in [2.45, 2.75) is 50.4 Å². The summed E-state index contributed by atoms with van der Waals surface area (Å²) in [6.45, 7) is 1.20. The van der Waals surface area contributed by atoms with Gasteiger partial charge in [-0.05, 0) is 32.1 Å². The van der Waals surface area contributed by atoms with Gasteiger partial charge in [0.2, 0.25) is 5.95 Å². The molecule has 8 heteroatoms. The zero-order valence-corrected chi connectivity index (χ0v) is 14.1. The van der Waals surface area contributed by atoms with E-state index >= 15 is 0 Å². The number of ether oxygens (including phenoxy) is 2. The van der Waals surface area contributed by atoms with E-state index in [9.17, 15) is 13.2 Å². The third-order valence-corrected chi connectivity index (χ3v) is 5.63. The maximum Gasteiger partial charge on any atom is 0.433 e. The molecule has 1 saturated carbocycles. The molecule has 3 aliphatic rings. The minimum absolute atomic E-state index is 0.00447. The standard InChI is InChI=1S/C17H22F3N3O2/c1-24-8-11-13(10-6-7-25-14(10)11)22-16-21-12-5-3-2-4-9(12)15(23-16)17(18,19)20/h10-11,13-14H,2-8H2,1H3,(H,21,22,23)/t10-,11+,13-,14-/m1/s1. The average Bonchev–Trinajstić information content (AvgIpc) is 3.00. The van der Waals surface area contributed by atoms with Crippen molar-refractivity contribution < 1.29 is 22.6 Å². The number of hydrogen-bond donors (Lipinski definition) is 1. The minimum atomic E-state index is -4.45. The Hall–Kier alpha value is -1.41. The van der Waals surface area contributed by atoms with Gasteiger partial charge in [0.15, 0.2) is 5.69 Å². The third kappa shape index (κ3) is 2.99. The van der Waals surface area contributed by atoms with Crippen LogP contribution in [0.1, 0.15) is 36.2 Å². The quantitative estimate of drug-likeness (QED) is 0.898. The van der Waals surface area contributed by atoms with Crippen LogP contribution in [-0.2, 0) is 28.5 Å². The summed E-state index contributed by atoms with van der Waals surface area (Å²) in [6.07, 6.45) is -0.821. The van der Waals surface area contributed by atoms with Crippen LogP contribution in [0.25, 0.3) is 0 Å². The number of nitrogens with zero attached hydrogens (tertiary/aromatic N) is 2. The van der Waals surface area contributed by atoms with Crippen molar-refractivity contribution in [1.29, 1.82) is 0 Å². The highest BCUT2D eigenvalue weighted by Gasteiger charge is 2.54. The number of nitrogens with one attached hydrogen (secondary N) is 1. The fourth-order valence-corrected chi connectivity index (χ4v) is 4.48. The monoisotopic (exact) mass is 357 g/mol. The van der Waals surface area contributed by atoms with Gasteiger partial charge in [-0.2, -0.15) is 13.2 Å². The molecule has 0 amide bonds. The van der Waals surface area contributed by atoms with E-state index in [4.69, 9.17) is 9.47 Å². The van der Waals surface area contributed by atoms with Crippen molar-refractivity contribution in [2.24, 2.45) is 11.8 Å². The third-order valence-electron chi connectivity index (χ3n) is 5.63. The molecule has 5 nitrogen and oxygen atoms in total. The van der Waals surface area contributed by atoms with Crippen molar-refractivity contribution >= 4 is 5.95 Å². The molecule has 1 aromatic rings. The Kier molecular flexibility index (Phi) is 4.35. The first kappa shape index (κ1) is 17.0. The van der Waals surface area contributed by atoms with Crippen LogP contribution < -0.4 is 5.32 Å². The van der Waals surface area contributed by atoms with Gasteiger partial charge in [-0.1, -0.05) is 0 Å². The fraction of sp³-hybridized carbons (Fsp3) is 0.765. The molecule has 1 N–H and O–H groups in total. The van der Waals surface area contributed by atoms with Crippen molar-refractivity contribution in [3.05, 3.63) is 17.0 Å². The van der Waals surface area contributed by atoms with E-state index in [0.29, 0.717) is 31.7 Å². The molecule has 2 fully saturated rings. The number of alkyl halides is 3. The van der Waals surface area contributed by atoms with E-state index < -0.39 is 11.9 Å². The lowest BCUT2D eigenvalue weighted by Gasteiger charge is -2.47. The van der Waals surface area contributed by atoms with Crippen molar-refractivity contribution in [3.8, 4) is 0 Å². The van der Waals surface area contributed by atoms with Crippen LogP contribution in [0.3, 0.4) is 0 Å². The number of aryl methyl sites for hydroxylation is 1. The Morgan fingerprint density at radius 1 is 1.24 bits per heavy atom. The lowest BCUT2D eigenvalue weighted by molar-refractivity contribution is -0.142. The molecule has 4 rings (SSSR count). The topological polar surface area (TPSA) is 56.3 Å². The van der Waals surface area contributed by atoms with Gasteiger partial charge in [0.1, 0.15) is 0 Å². The molecule has 1 saturated heterocycles. The van der Waals surface area contributed by atoms with E-state index in [0.717, 1.165) is 19.3 Å². The minimum Gasteiger partial charge on any atom is -0.384 e. The van der Waals surface area contributed by atoms with Crippen molar-refractivity contribution in [2.75, 3.05) is 25.6 Å². The average molecular weight is 357 g/mol. The Bertz CT molecular complexity index is 653. The first-order valence-electron chi connectivity index (χ1n) is 8.83. The summed E-state index contributed by atoms with van der Waals surface area (Å²) in [6, 6.07) is -0.00447. The predicted molar refractivity (Wildman–Crippen MR) is 84.3 cm³/mol. The molecule has 1 aromatic heterocycles. The van der Waals surface area contributed by atoms with Crippen LogP contribution >= 0.6 is 0 Å². The van der Waals surface area contributed by atoms with Crippen molar-refractivity contribution in [1.82, 2.24) is 9.97 Å². The lowest BCUT2D eigenvalue weighted by atomic mass is 9.67. The Balaban J connectivity index is 1.62. The van der Waals surface area contributed by atoms with Gasteiger partial charge in [0.05, 0.1) is 12.7 Å². The SMILES string of the molecule is COC[C@H]1[C@H](Nc2nc3c(c(C(F)(F)F)n2)CCCC3)[C@H]2CCO[C@H]21. The van der Waals surface area contributed by atoms with Gasteiger partial charge >= 0.3 is 6.18 Å². The van der Waals surface area contributed by atoms with E-state index in [1.54, 1.807) is 7.11 Å². The highest BCUT2D eigenvalue weighted by atomic mass is 19.4. The summed E-state index contributed by atoms with van der Waals surface area (Å²) in [5, 5.41) is 3.17. The Morgan fingerprint density at radius 3 is 2.80 bits per heavy atom. The van der Waals surface area contributed by atoms with Gasteiger partial charge in [0.25, 0.3) is 0 Å². The Labute approximate surface area is 144 Å². The molecule has 0 spiro atoms. The normalized spacial score (nSPS) is 31.2.